The summed E-state index contributed by atoms with van der Waals surface area (Å²) in [7, 11) is 0. The molecular formula is C16H23NO2. The second-order valence-corrected chi connectivity index (χ2v) is 6.55. The number of benzene rings is 1. The zero-order chi connectivity index (χ0) is 14.7. The number of carbonyl (C=O) groups excluding carboxylic acids is 1. The summed E-state index contributed by atoms with van der Waals surface area (Å²) in [6.07, 6.45) is 0. The van der Waals surface area contributed by atoms with Crippen LogP contribution in [0.2, 0.25) is 0 Å². The Kier molecular flexibility index (Phi) is 4.51. The molecule has 0 N–H and O–H groups in total. The molecule has 1 aromatic rings. The summed E-state index contributed by atoms with van der Waals surface area (Å²) in [5, 5.41) is 0. The Bertz CT molecular complexity index is 462. The first kappa shape index (κ1) is 15.4. The number of ether oxygens (including phenoxy) is 1. The van der Waals surface area contributed by atoms with Crippen LogP contribution < -0.4 is 0 Å². The van der Waals surface area contributed by atoms with Gasteiger partial charge in [-0.1, -0.05) is 39.0 Å². The van der Waals surface area contributed by atoms with Crippen LogP contribution in [0.4, 0.5) is 5.69 Å². The molecule has 0 atom stereocenters. The fraction of sp³-hybridized carbons (Fsp3) is 0.500. The molecule has 0 amide bonds. The van der Waals surface area contributed by atoms with E-state index in [9.17, 15) is 4.79 Å². The summed E-state index contributed by atoms with van der Waals surface area (Å²) < 4.78 is 5.43. The van der Waals surface area contributed by atoms with Gasteiger partial charge in [-0.3, -0.25) is 0 Å². The maximum Gasteiger partial charge on any atom is 0.353 e. The van der Waals surface area contributed by atoms with Gasteiger partial charge in [0.2, 0.25) is 0 Å². The van der Waals surface area contributed by atoms with E-state index in [1.165, 1.54) is 0 Å². The number of aliphatic imine (C=N–C) groups is 1. The van der Waals surface area contributed by atoms with Gasteiger partial charge in [0, 0.05) is 5.41 Å². The molecule has 19 heavy (non-hydrogen) atoms. The van der Waals surface area contributed by atoms with Crippen molar-refractivity contribution in [3.63, 3.8) is 0 Å². The van der Waals surface area contributed by atoms with Gasteiger partial charge in [0.15, 0.2) is 0 Å². The number of para-hydroxylation sites is 1. The first-order valence-corrected chi connectivity index (χ1v) is 6.47. The molecule has 104 valence electrons. The molecule has 0 radical (unpaired) electrons. The molecule has 1 aromatic carbocycles. The summed E-state index contributed by atoms with van der Waals surface area (Å²) in [6, 6.07) is 9.46. The molecule has 0 aliphatic carbocycles. The monoisotopic (exact) mass is 261 g/mol. The minimum atomic E-state index is -0.514. The van der Waals surface area contributed by atoms with Crippen LogP contribution in [0.5, 0.6) is 0 Å². The van der Waals surface area contributed by atoms with Crippen LogP contribution in [0.15, 0.2) is 35.3 Å². The Morgan fingerprint density at radius 2 is 1.53 bits per heavy atom. The quantitative estimate of drug-likeness (QED) is 0.592. The third kappa shape index (κ3) is 5.25. The largest absolute Gasteiger partial charge is 0.455 e. The van der Waals surface area contributed by atoms with Gasteiger partial charge in [-0.05, 0) is 32.9 Å². The number of nitrogens with zero attached hydrogens (tertiary/aromatic N) is 1. The Balaban J connectivity index is 3.10. The fourth-order valence-corrected chi connectivity index (χ4v) is 1.48. The molecule has 0 fully saturated rings. The molecule has 0 bridgehead atoms. The van der Waals surface area contributed by atoms with Gasteiger partial charge < -0.3 is 4.74 Å². The summed E-state index contributed by atoms with van der Waals surface area (Å²) in [5.74, 6) is -0.358. The van der Waals surface area contributed by atoms with E-state index in [1.54, 1.807) is 0 Å². The van der Waals surface area contributed by atoms with E-state index < -0.39 is 5.60 Å². The highest BCUT2D eigenvalue weighted by molar-refractivity contribution is 6.38. The van der Waals surface area contributed by atoms with Crippen molar-refractivity contribution in [3.05, 3.63) is 30.3 Å². The lowest BCUT2D eigenvalue weighted by molar-refractivity contribution is -0.146. The fourth-order valence-electron chi connectivity index (χ4n) is 1.48. The predicted octanol–water partition coefficient (Wildman–Crippen LogP) is 4.15. The normalized spacial score (nSPS) is 13.3. The maximum atomic E-state index is 12.3. The van der Waals surface area contributed by atoms with Gasteiger partial charge in [0.25, 0.3) is 0 Å². The highest BCUT2D eigenvalue weighted by Gasteiger charge is 2.30. The standard InChI is InChI=1S/C16H23NO2/c1-15(2,3)13(14(18)19-16(4,5)6)17-12-10-8-7-9-11-12/h7-11H,1-6H3/b17-13+. The Morgan fingerprint density at radius 3 is 1.95 bits per heavy atom. The lowest BCUT2D eigenvalue weighted by Crippen LogP contribution is -2.35. The van der Waals surface area contributed by atoms with Gasteiger partial charge in [-0.2, -0.15) is 0 Å². The summed E-state index contributed by atoms with van der Waals surface area (Å²) in [5.41, 5.74) is 0.324. The van der Waals surface area contributed by atoms with E-state index in [1.807, 2.05) is 71.9 Å². The van der Waals surface area contributed by atoms with Crippen molar-refractivity contribution in [2.24, 2.45) is 10.4 Å². The number of carbonyl (C=O) groups is 1. The number of hydrogen-bond acceptors (Lipinski definition) is 3. The van der Waals surface area contributed by atoms with Gasteiger partial charge in [0.05, 0.1) is 5.69 Å². The lowest BCUT2D eigenvalue weighted by atomic mass is 9.89. The summed E-state index contributed by atoms with van der Waals surface area (Å²) in [6.45, 7) is 11.4. The van der Waals surface area contributed by atoms with Gasteiger partial charge >= 0.3 is 5.97 Å². The van der Waals surface area contributed by atoms with Crippen molar-refractivity contribution in [2.45, 2.75) is 47.1 Å². The minimum Gasteiger partial charge on any atom is -0.455 e. The van der Waals surface area contributed by atoms with Crippen LogP contribution in [-0.2, 0) is 9.53 Å². The van der Waals surface area contributed by atoms with Crippen molar-refractivity contribution in [3.8, 4) is 0 Å². The summed E-state index contributed by atoms with van der Waals surface area (Å²) in [4.78, 5) is 16.7. The summed E-state index contributed by atoms with van der Waals surface area (Å²) >= 11 is 0. The van der Waals surface area contributed by atoms with Crippen molar-refractivity contribution in [1.82, 2.24) is 0 Å². The molecule has 0 aliphatic rings. The molecule has 0 unspecified atom stereocenters. The van der Waals surface area contributed by atoms with Crippen molar-refractivity contribution in [2.75, 3.05) is 0 Å². The lowest BCUT2D eigenvalue weighted by Gasteiger charge is -2.25. The molecular weight excluding hydrogens is 238 g/mol. The molecule has 0 spiro atoms. The highest BCUT2D eigenvalue weighted by Crippen LogP contribution is 2.23. The Hall–Kier alpha value is -1.64. The van der Waals surface area contributed by atoms with E-state index >= 15 is 0 Å². The SMILES string of the molecule is CC(C)(C)OC(=O)/C(=N\c1ccccc1)C(C)(C)C. The second-order valence-electron chi connectivity index (χ2n) is 6.55. The van der Waals surface area contributed by atoms with Crippen LogP contribution in [0.3, 0.4) is 0 Å². The van der Waals surface area contributed by atoms with E-state index in [-0.39, 0.29) is 11.4 Å². The average Bonchev–Trinajstić information content (AvgIpc) is 2.23. The number of rotatable bonds is 2. The van der Waals surface area contributed by atoms with Gasteiger partial charge in [-0.15, -0.1) is 0 Å². The minimum absolute atomic E-state index is 0.358. The smallest absolute Gasteiger partial charge is 0.353 e. The zero-order valence-electron chi connectivity index (χ0n) is 12.7. The number of hydrogen-bond donors (Lipinski definition) is 0. The molecule has 0 aromatic heterocycles. The third-order valence-electron chi connectivity index (χ3n) is 2.30. The van der Waals surface area contributed by atoms with Crippen LogP contribution in [0.25, 0.3) is 0 Å². The van der Waals surface area contributed by atoms with E-state index in [2.05, 4.69) is 4.99 Å². The third-order valence-corrected chi connectivity index (χ3v) is 2.30. The topological polar surface area (TPSA) is 38.7 Å². The van der Waals surface area contributed by atoms with E-state index in [4.69, 9.17) is 4.74 Å². The van der Waals surface area contributed by atoms with Gasteiger partial charge in [-0.25, -0.2) is 9.79 Å². The molecule has 3 nitrogen and oxygen atoms in total. The molecule has 0 saturated carbocycles. The molecule has 0 aliphatic heterocycles. The van der Waals surface area contributed by atoms with Crippen LogP contribution >= 0.6 is 0 Å². The first-order chi connectivity index (χ1) is 8.59. The first-order valence-electron chi connectivity index (χ1n) is 6.47. The van der Waals surface area contributed by atoms with E-state index in [0.29, 0.717) is 5.71 Å². The van der Waals surface area contributed by atoms with Crippen molar-refractivity contribution in [1.29, 1.82) is 0 Å². The predicted molar refractivity (Wildman–Crippen MR) is 78.8 cm³/mol. The zero-order valence-corrected chi connectivity index (χ0v) is 12.7. The van der Waals surface area contributed by atoms with Crippen LogP contribution in [0.1, 0.15) is 41.5 Å². The van der Waals surface area contributed by atoms with Crippen molar-refractivity contribution < 1.29 is 9.53 Å². The molecule has 1 rings (SSSR count). The van der Waals surface area contributed by atoms with Crippen molar-refractivity contribution >= 4 is 17.4 Å². The average molecular weight is 261 g/mol. The molecule has 0 saturated heterocycles. The highest BCUT2D eigenvalue weighted by atomic mass is 16.6. The van der Waals surface area contributed by atoms with Gasteiger partial charge in [0.1, 0.15) is 11.3 Å². The molecule has 0 heterocycles. The Morgan fingerprint density at radius 1 is 1.00 bits per heavy atom. The Labute approximate surface area is 115 Å². The van der Waals surface area contributed by atoms with E-state index in [0.717, 1.165) is 5.69 Å². The number of esters is 1. The second kappa shape index (κ2) is 5.55. The maximum absolute atomic E-state index is 12.3. The van der Waals surface area contributed by atoms with Crippen LogP contribution in [-0.4, -0.2) is 17.3 Å². The van der Waals surface area contributed by atoms with Crippen LogP contribution in [0, 0.1) is 5.41 Å². The molecule has 3 heteroatoms.